The number of benzene rings is 1. The summed E-state index contributed by atoms with van der Waals surface area (Å²) in [5.74, 6) is 1.80. The van der Waals surface area contributed by atoms with Gasteiger partial charge in [-0.15, -0.1) is 0 Å². The molecule has 6 nitrogen and oxygen atoms in total. The highest BCUT2D eigenvalue weighted by atomic mass is 32.2. The first-order valence-corrected chi connectivity index (χ1v) is 9.73. The summed E-state index contributed by atoms with van der Waals surface area (Å²) in [7, 11) is 1.56. The molecule has 0 radical (unpaired) electrons. The lowest BCUT2D eigenvalue weighted by atomic mass is 10.2. The molecule has 1 aliphatic heterocycles. The highest BCUT2D eigenvalue weighted by Gasteiger charge is 2.33. The molecule has 0 spiro atoms. The second kappa shape index (κ2) is 10.1. The van der Waals surface area contributed by atoms with Crippen LogP contribution in [-0.2, 0) is 14.3 Å². The number of hydrogen-bond donors (Lipinski definition) is 0. The van der Waals surface area contributed by atoms with Gasteiger partial charge in [-0.3, -0.25) is 4.79 Å². The Hall–Kier alpha value is -2.15. The van der Waals surface area contributed by atoms with Gasteiger partial charge < -0.3 is 19.1 Å². The fourth-order valence-electron chi connectivity index (χ4n) is 2.66. The standard InChI is InChI=1S/C19H25NO5S/c1-4-6-14-7-8-16(17(11-14)23-3)25-12-18(21)20-9-10-26-13-15(20)19(22)24-5-2/h4,6-8,11,15H,5,9-10,12-13H2,1-3H3/b6-4+. The van der Waals surface area contributed by atoms with Crippen LogP contribution in [0.3, 0.4) is 0 Å². The molecule has 0 N–H and O–H groups in total. The predicted molar refractivity (Wildman–Crippen MR) is 103 cm³/mol. The van der Waals surface area contributed by atoms with E-state index in [1.54, 1.807) is 36.8 Å². The van der Waals surface area contributed by atoms with Crippen molar-refractivity contribution in [3.63, 3.8) is 0 Å². The molecular formula is C19H25NO5S. The third-order valence-electron chi connectivity index (χ3n) is 3.91. The lowest BCUT2D eigenvalue weighted by Crippen LogP contribution is -2.52. The van der Waals surface area contributed by atoms with Crippen LogP contribution in [0.5, 0.6) is 11.5 Å². The van der Waals surface area contributed by atoms with Gasteiger partial charge in [0.15, 0.2) is 18.1 Å². The molecule has 1 amide bonds. The molecule has 1 heterocycles. The first kappa shape index (κ1) is 20.2. The number of rotatable bonds is 7. The first-order chi connectivity index (χ1) is 12.6. The fourth-order valence-corrected chi connectivity index (χ4v) is 3.69. The van der Waals surface area contributed by atoms with Gasteiger partial charge in [-0.25, -0.2) is 4.79 Å². The molecule has 2 rings (SSSR count). The number of carbonyl (C=O) groups is 2. The Bertz CT molecular complexity index is 661. The van der Waals surface area contributed by atoms with Crippen LogP contribution in [0.4, 0.5) is 0 Å². The molecule has 1 atom stereocenters. The van der Waals surface area contributed by atoms with E-state index in [9.17, 15) is 9.59 Å². The summed E-state index contributed by atoms with van der Waals surface area (Å²) in [5.41, 5.74) is 0.985. The summed E-state index contributed by atoms with van der Waals surface area (Å²) in [4.78, 5) is 26.2. The van der Waals surface area contributed by atoms with E-state index < -0.39 is 6.04 Å². The highest BCUT2D eigenvalue weighted by molar-refractivity contribution is 7.99. The van der Waals surface area contributed by atoms with E-state index in [1.165, 1.54) is 0 Å². The van der Waals surface area contributed by atoms with Crippen LogP contribution in [0.2, 0.25) is 0 Å². The number of hydrogen-bond acceptors (Lipinski definition) is 6. The van der Waals surface area contributed by atoms with Crippen molar-refractivity contribution < 1.29 is 23.8 Å². The van der Waals surface area contributed by atoms with Crippen molar-refractivity contribution in [2.75, 3.05) is 38.4 Å². The number of carbonyl (C=O) groups excluding carboxylic acids is 2. The molecule has 142 valence electrons. The SMILES string of the molecule is C/C=C/c1ccc(OCC(=O)N2CCSCC2C(=O)OCC)c(OC)c1. The number of nitrogens with zero attached hydrogens (tertiary/aromatic N) is 1. The third-order valence-corrected chi connectivity index (χ3v) is 4.93. The van der Waals surface area contributed by atoms with Crippen molar-refractivity contribution in [1.29, 1.82) is 0 Å². The molecule has 1 unspecified atom stereocenters. The van der Waals surface area contributed by atoms with Gasteiger partial charge in [-0.2, -0.15) is 11.8 Å². The molecule has 0 saturated carbocycles. The second-order valence-corrected chi connectivity index (χ2v) is 6.78. The van der Waals surface area contributed by atoms with Gasteiger partial charge in [0.05, 0.1) is 13.7 Å². The zero-order valence-electron chi connectivity index (χ0n) is 15.4. The average molecular weight is 379 g/mol. The first-order valence-electron chi connectivity index (χ1n) is 8.58. The zero-order valence-corrected chi connectivity index (χ0v) is 16.2. The van der Waals surface area contributed by atoms with Gasteiger partial charge in [0.1, 0.15) is 6.04 Å². The second-order valence-electron chi connectivity index (χ2n) is 5.63. The van der Waals surface area contributed by atoms with Crippen LogP contribution < -0.4 is 9.47 Å². The summed E-state index contributed by atoms with van der Waals surface area (Å²) in [6, 6.07) is 4.96. The average Bonchev–Trinajstić information content (AvgIpc) is 2.67. The Morgan fingerprint density at radius 2 is 2.15 bits per heavy atom. The van der Waals surface area contributed by atoms with Gasteiger partial charge >= 0.3 is 5.97 Å². The Labute approximate surface area is 158 Å². The Morgan fingerprint density at radius 3 is 2.85 bits per heavy atom. The number of allylic oxidation sites excluding steroid dienone is 1. The lowest BCUT2D eigenvalue weighted by Gasteiger charge is -2.33. The number of amides is 1. The third kappa shape index (κ3) is 5.17. The Morgan fingerprint density at radius 1 is 1.35 bits per heavy atom. The Balaban J connectivity index is 2.03. The number of thioether (sulfide) groups is 1. The Kier molecular flexibility index (Phi) is 7.84. The lowest BCUT2D eigenvalue weighted by molar-refractivity contribution is -0.154. The van der Waals surface area contributed by atoms with Crippen molar-refractivity contribution in [3.05, 3.63) is 29.8 Å². The molecule has 1 aromatic rings. The van der Waals surface area contributed by atoms with E-state index in [0.717, 1.165) is 11.3 Å². The molecule has 26 heavy (non-hydrogen) atoms. The predicted octanol–water partition coefficient (Wildman–Crippen LogP) is 2.61. The molecule has 7 heteroatoms. The molecule has 0 aliphatic carbocycles. The van der Waals surface area contributed by atoms with Crippen molar-refractivity contribution in [1.82, 2.24) is 4.90 Å². The van der Waals surface area contributed by atoms with Crippen molar-refractivity contribution >= 4 is 29.7 Å². The maximum absolute atomic E-state index is 12.6. The van der Waals surface area contributed by atoms with Gasteiger partial charge in [-0.05, 0) is 31.5 Å². The van der Waals surface area contributed by atoms with Crippen molar-refractivity contribution in [2.24, 2.45) is 0 Å². The van der Waals surface area contributed by atoms with E-state index >= 15 is 0 Å². The normalized spacial score (nSPS) is 17.2. The minimum Gasteiger partial charge on any atom is -0.493 e. The number of esters is 1. The van der Waals surface area contributed by atoms with Gasteiger partial charge in [0.2, 0.25) is 0 Å². The van der Waals surface area contributed by atoms with E-state index in [2.05, 4.69) is 0 Å². The summed E-state index contributed by atoms with van der Waals surface area (Å²) in [5, 5.41) is 0. The van der Waals surface area contributed by atoms with Crippen LogP contribution >= 0.6 is 11.8 Å². The largest absolute Gasteiger partial charge is 0.493 e. The van der Waals surface area contributed by atoms with Crippen LogP contribution in [0.25, 0.3) is 6.08 Å². The summed E-state index contributed by atoms with van der Waals surface area (Å²) < 4.78 is 16.1. The van der Waals surface area contributed by atoms with E-state index in [4.69, 9.17) is 14.2 Å². The molecule has 1 aromatic carbocycles. The minimum atomic E-state index is -0.552. The smallest absolute Gasteiger partial charge is 0.329 e. The molecule has 1 saturated heterocycles. The van der Waals surface area contributed by atoms with Crippen LogP contribution in [0.1, 0.15) is 19.4 Å². The maximum atomic E-state index is 12.6. The molecule has 1 fully saturated rings. The van der Waals surface area contributed by atoms with Crippen molar-refractivity contribution in [2.45, 2.75) is 19.9 Å². The number of ether oxygens (including phenoxy) is 3. The number of methoxy groups -OCH3 is 1. The fraction of sp³-hybridized carbons (Fsp3) is 0.474. The zero-order chi connectivity index (χ0) is 18.9. The van der Waals surface area contributed by atoms with Gasteiger partial charge in [-0.1, -0.05) is 18.2 Å². The summed E-state index contributed by atoms with van der Waals surface area (Å²) >= 11 is 1.64. The van der Waals surface area contributed by atoms with Gasteiger partial charge in [0.25, 0.3) is 5.91 Å². The van der Waals surface area contributed by atoms with Crippen LogP contribution in [0, 0.1) is 0 Å². The topological polar surface area (TPSA) is 65.1 Å². The summed E-state index contributed by atoms with van der Waals surface area (Å²) in [6.45, 7) is 4.35. The molecule has 0 bridgehead atoms. The maximum Gasteiger partial charge on any atom is 0.329 e. The quantitative estimate of drug-likeness (QED) is 0.679. The van der Waals surface area contributed by atoms with Crippen molar-refractivity contribution in [3.8, 4) is 11.5 Å². The van der Waals surface area contributed by atoms with E-state index in [-0.39, 0.29) is 18.5 Å². The van der Waals surface area contributed by atoms with E-state index in [1.807, 2.05) is 31.2 Å². The molecule has 0 aromatic heterocycles. The van der Waals surface area contributed by atoms with Crippen LogP contribution in [-0.4, -0.2) is 61.2 Å². The highest BCUT2D eigenvalue weighted by Crippen LogP contribution is 2.29. The minimum absolute atomic E-state index is 0.153. The molecule has 1 aliphatic rings. The van der Waals surface area contributed by atoms with Crippen LogP contribution in [0.15, 0.2) is 24.3 Å². The van der Waals surface area contributed by atoms with E-state index in [0.29, 0.717) is 30.4 Å². The monoisotopic (exact) mass is 379 g/mol. The summed E-state index contributed by atoms with van der Waals surface area (Å²) in [6.07, 6.45) is 3.88. The van der Waals surface area contributed by atoms with Gasteiger partial charge in [0, 0.05) is 18.1 Å². The molecular weight excluding hydrogens is 354 g/mol.